The second-order valence-corrected chi connectivity index (χ2v) is 9.20. The Morgan fingerprint density at radius 1 is 0.833 bits per heavy atom. The first-order valence-corrected chi connectivity index (χ1v) is 11.4. The van der Waals surface area contributed by atoms with Gasteiger partial charge >= 0.3 is 0 Å². The van der Waals surface area contributed by atoms with Gasteiger partial charge in [0.2, 0.25) is 5.91 Å². The molecular weight excluding hydrogens is 398 g/mol. The molecule has 3 aromatic carbocycles. The van der Waals surface area contributed by atoms with Gasteiger partial charge in [0.25, 0.3) is 10.0 Å². The first kappa shape index (κ1) is 18.7. The molecule has 2 aliphatic heterocycles. The van der Waals surface area contributed by atoms with Crippen molar-refractivity contribution in [3.05, 3.63) is 77.9 Å². The number of carbonyl (C=O) groups is 1. The maximum Gasteiger partial charge on any atom is 0.261 e. The number of carbonyl (C=O) groups excluding carboxylic acids is 1. The van der Waals surface area contributed by atoms with Crippen LogP contribution in [0.2, 0.25) is 0 Å². The molecule has 0 aromatic heterocycles. The number of sulfonamides is 1. The number of hydrogen-bond donors (Lipinski definition) is 2. The van der Waals surface area contributed by atoms with Crippen molar-refractivity contribution < 1.29 is 13.2 Å². The van der Waals surface area contributed by atoms with E-state index in [-0.39, 0.29) is 10.8 Å². The molecule has 7 heteroatoms. The first-order valence-electron chi connectivity index (χ1n) is 9.91. The van der Waals surface area contributed by atoms with E-state index in [0.717, 1.165) is 29.9 Å². The summed E-state index contributed by atoms with van der Waals surface area (Å²) in [7, 11) is -3.78. The maximum atomic E-state index is 13.1. The van der Waals surface area contributed by atoms with Crippen LogP contribution >= 0.6 is 0 Å². The molecule has 0 saturated heterocycles. The van der Waals surface area contributed by atoms with E-state index in [4.69, 9.17) is 0 Å². The van der Waals surface area contributed by atoms with Crippen molar-refractivity contribution in [3.63, 3.8) is 0 Å². The Morgan fingerprint density at radius 2 is 1.60 bits per heavy atom. The molecular formula is C23H21N3O3S. The van der Waals surface area contributed by atoms with Gasteiger partial charge in [-0.2, -0.15) is 0 Å². The quantitative estimate of drug-likeness (QED) is 0.668. The van der Waals surface area contributed by atoms with Gasteiger partial charge in [-0.15, -0.1) is 0 Å². The van der Waals surface area contributed by atoms with Gasteiger partial charge in [0, 0.05) is 24.3 Å². The van der Waals surface area contributed by atoms with Gasteiger partial charge in [0.05, 0.1) is 16.3 Å². The lowest BCUT2D eigenvalue weighted by atomic mass is 10.0. The number of amides is 1. The van der Waals surface area contributed by atoms with Crippen LogP contribution in [0.4, 0.5) is 22.7 Å². The fourth-order valence-electron chi connectivity index (χ4n) is 4.11. The number of nitrogens with zero attached hydrogens (tertiary/aromatic N) is 1. The summed E-state index contributed by atoms with van der Waals surface area (Å²) in [5.74, 6) is -0.0453. The Kier molecular flexibility index (Phi) is 4.47. The molecule has 0 bridgehead atoms. The minimum Gasteiger partial charge on any atom is -0.339 e. The molecule has 1 amide bonds. The molecule has 2 heterocycles. The zero-order valence-electron chi connectivity index (χ0n) is 16.3. The standard InChI is InChI=1S/C23H21N3O3S/c27-23-12-9-17-15-18(10-11-19(17)24-23)30(28,29)25-20-6-2-4-8-22(20)26-14-13-16-5-1-3-7-21(16)26/h1-8,10-11,15,25H,9,12-14H2,(H,24,27). The fraction of sp³-hybridized carbons (Fsp3) is 0.174. The average molecular weight is 420 g/mol. The minimum atomic E-state index is -3.78. The lowest BCUT2D eigenvalue weighted by Crippen LogP contribution is -2.21. The lowest BCUT2D eigenvalue weighted by molar-refractivity contribution is -0.116. The summed E-state index contributed by atoms with van der Waals surface area (Å²) in [4.78, 5) is 13.9. The Labute approximate surface area is 175 Å². The average Bonchev–Trinajstić information content (AvgIpc) is 3.17. The predicted molar refractivity (Wildman–Crippen MR) is 118 cm³/mol. The minimum absolute atomic E-state index is 0.0453. The molecule has 2 N–H and O–H groups in total. The van der Waals surface area contributed by atoms with E-state index in [0.29, 0.717) is 24.2 Å². The molecule has 3 aromatic rings. The summed E-state index contributed by atoms with van der Waals surface area (Å²) in [6.07, 6.45) is 1.82. The molecule has 0 atom stereocenters. The van der Waals surface area contributed by atoms with Crippen LogP contribution in [-0.2, 0) is 27.7 Å². The monoisotopic (exact) mass is 419 g/mol. The highest BCUT2D eigenvalue weighted by Crippen LogP contribution is 2.39. The highest BCUT2D eigenvalue weighted by Gasteiger charge is 2.25. The van der Waals surface area contributed by atoms with Crippen molar-refractivity contribution >= 4 is 38.7 Å². The molecule has 0 spiro atoms. The number of fused-ring (bicyclic) bond motifs is 2. The Morgan fingerprint density at radius 3 is 2.47 bits per heavy atom. The summed E-state index contributed by atoms with van der Waals surface area (Å²) in [5.41, 5.74) is 5.25. The summed E-state index contributed by atoms with van der Waals surface area (Å²) in [5, 5.41) is 2.78. The smallest absolute Gasteiger partial charge is 0.261 e. The van der Waals surface area contributed by atoms with Gasteiger partial charge in [-0.05, 0) is 60.4 Å². The van der Waals surface area contributed by atoms with Crippen molar-refractivity contribution in [1.29, 1.82) is 0 Å². The first-order chi connectivity index (χ1) is 14.5. The van der Waals surface area contributed by atoms with Gasteiger partial charge in [-0.25, -0.2) is 8.42 Å². The van der Waals surface area contributed by atoms with Gasteiger partial charge in [-0.1, -0.05) is 30.3 Å². The molecule has 2 aliphatic rings. The number of rotatable bonds is 4. The third kappa shape index (κ3) is 3.31. The summed E-state index contributed by atoms with van der Waals surface area (Å²) in [6, 6.07) is 20.5. The van der Waals surface area contributed by atoms with E-state index >= 15 is 0 Å². The third-order valence-corrected chi connectivity index (χ3v) is 6.97. The topological polar surface area (TPSA) is 78.5 Å². The molecule has 6 nitrogen and oxygen atoms in total. The SMILES string of the molecule is O=C1CCc2cc(S(=O)(=O)Nc3ccccc3N3CCc4ccccc43)ccc2N1. The van der Waals surface area contributed by atoms with Crippen LogP contribution in [0.1, 0.15) is 17.5 Å². The van der Waals surface area contributed by atoms with Crippen molar-refractivity contribution in [2.24, 2.45) is 0 Å². The van der Waals surface area contributed by atoms with E-state index in [9.17, 15) is 13.2 Å². The van der Waals surface area contributed by atoms with Crippen LogP contribution in [0.25, 0.3) is 0 Å². The highest BCUT2D eigenvalue weighted by atomic mass is 32.2. The fourth-order valence-corrected chi connectivity index (χ4v) is 5.24. The molecule has 152 valence electrons. The molecule has 30 heavy (non-hydrogen) atoms. The Hall–Kier alpha value is -3.32. The van der Waals surface area contributed by atoms with Gasteiger partial charge < -0.3 is 10.2 Å². The van der Waals surface area contributed by atoms with Gasteiger partial charge in [-0.3, -0.25) is 9.52 Å². The molecule has 0 fully saturated rings. The third-order valence-electron chi connectivity index (χ3n) is 5.61. The number of anilines is 4. The van der Waals surface area contributed by atoms with E-state index in [1.807, 2.05) is 30.3 Å². The number of benzene rings is 3. The van der Waals surface area contributed by atoms with Crippen LogP contribution in [0.15, 0.2) is 71.6 Å². The summed E-state index contributed by atoms with van der Waals surface area (Å²) >= 11 is 0. The second-order valence-electron chi connectivity index (χ2n) is 7.52. The Balaban J connectivity index is 1.48. The van der Waals surface area contributed by atoms with E-state index in [1.165, 1.54) is 11.6 Å². The largest absolute Gasteiger partial charge is 0.339 e. The predicted octanol–water partition coefficient (Wildman–Crippen LogP) is 4.07. The van der Waals surface area contributed by atoms with Crippen molar-refractivity contribution in [2.45, 2.75) is 24.2 Å². The van der Waals surface area contributed by atoms with Crippen LogP contribution in [0.5, 0.6) is 0 Å². The lowest BCUT2D eigenvalue weighted by Gasteiger charge is -2.23. The second kappa shape index (κ2) is 7.18. The number of hydrogen-bond acceptors (Lipinski definition) is 4. The normalized spacial score (nSPS) is 15.3. The van der Waals surface area contributed by atoms with Crippen molar-refractivity contribution in [3.8, 4) is 0 Å². The number of aryl methyl sites for hydroxylation is 1. The molecule has 0 unspecified atom stereocenters. The van der Waals surface area contributed by atoms with E-state index in [2.05, 4.69) is 27.1 Å². The van der Waals surface area contributed by atoms with Crippen molar-refractivity contribution in [2.75, 3.05) is 21.5 Å². The van der Waals surface area contributed by atoms with Crippen LogP contribution < -0.4 is 14.9 Å². The Bertz CT molecular complexity index is 1250. The van der Waals surface area contributed by atoms with Crippen molar-refractivity contribution in [1.82, 2.24) is 0 Å². The zero-order chi connectivity index (χ0) is 20.7. The molecule has 0 saturated carbocycles. The maximum absolute atomic E-state index is 13.1. The number of nitrogens with one attached hydrogen (secondary N) is 2. The highest BCUT2D eigenvalue weighted by molar-refractivity contribution is 7.92. The van der Waals surface area contributed by atoms with E-state index in [1.54, 1.807) is 18.2 Å². The van der Waals surface area contributed by atoms with Crippen LogP contribution in [0.3, 0.4) is 0 Å². The summed E-state index contributed by atoms with van der Waals surface area (Å²) < 4.78 is 29.1. The zero-order valence-corrected chi connectivity index (χ0v) is 17.1. The summed E-state index contributed by atoms with van der Waals surface area (Å²) in [6.45, 7) is 0.802. The molecule has 5 rings (SSSR count). The molecule has 0 aliphatic carbocycles. The van der Waals surface area contributed by atoms with Crippen LogP contribution in [-0.4, -0.2) is 20.9 Å². The molecule has 0 radical (unpaired) electrons. The van der Waals surface area contributed by atoms with Gasteiger partial charge in [0.1, 0.15) is 0 Å². The number of para-hydroxylation sites is 3. The van der Waals surface area contributed by atoms with Crippen LogP contribution in [0, 0.1) is 0 Å². The van der Waals surface area contributed by atoms with Gasteiger partial charge in [0.15, 0.2) is 0 Å². The van der Waals surface area contributed by atoms with E-state index < -0.39 is 10.0 Å².